The summed E-state index contributed by atoms with van der Waals surface area (Å²) in [6.45, 7) is 8.27. The number of carbonyl (C=O) groups is 1. The Morgan fingerprint density at radius 3 is 2.70 bits per heavy atom. The van der Waals surface area contributed by atoms with Crippen LogP contribution in [0.5, 0.6) is 0 Å². The number of fused-ring (bicyclic) bond motifs is 10. The number of aromatic nitrogens is 2. The van der Waals surface area contributed by atoms with E-state index in [1.165, 1.54) is 49.9 Å². The largest absolute Gasteiger partial charge is 0.469 e. The van der Waals surface area contributed by atoms with Gasteiger partial charge in [-0.2, -0.15) is 0 Å². The number of nitrogens with zero attached hydrogens (tertiary/aromatic N) is 2. The van der Waals surface area contributed by atoms with Crippen LogP contribution in [0.2, 0.25) is 0 Å². The normalized spacial score (nSPS) is 32.1. The van der Waals surface area contributed by atoms with Crippen molar-refractivity contribution in [2.24, 2.45) is 23.7 Å². The minimum absolute atomic E-state index is 0.0750. The van der Waals surface area contributed by atoms with E-state index in [-0.39, 0.29) is 35.9 Å². The molecule has 47 heavy (non-hydrogen) atoms. The summed E-state index contributed by atoms with van der Waals surface area (Å²) in [6, 6.07) is 15.8. The molecule has 8 rings (SSSR count). The number of esters is 1. The highest BCUT2D eigenvalue weighted by atomic mass is 16.5. The molecule has 0 spiro atoms. The first-order valence-corrected chi connectivity index (χ1v) is 17.9. The van der Waals surface area contributed by atoms with E-state index >= 15 is 0 Å². The zero-order valence-electron chi connectivity index (χ0n) is 28.4. The molecular weight excluding hydrogens is 584 g/mol. The number of H-pyrrole nitrogens is 2. The number of carbonyl (C=O) groups excluding carboxylic acids is 1. The van der Waals surface area contributed by atoms with E-state index in [1.807, 2.05) is 0 Å². The van der Waals surface area contributed by atoms with Crippen molar-refractivity contribution in [2.45, 2.75) is 70.4 Å². The Morgan fingerprint density at radius 2 is 1.89 bits per heavy atom. The molecule has 7 heteroatoms. The summed E-state index contributed by atoms with van der Waals surface area (Å²) in [5.41, 5.74) is 10.4. The van der Waals surface area contributed by atoms with Gasteiger partial charge in [-0.15, -0.1) is 0 Å². The van der Waals surface area contributed by atoms with Crippen molar-refractivity contribution in [3.05, 3.63) is 82.2 Å². The van der Waals surface area contributed by atoms with Crippen molar-refractivity contribution in [1.29, 1.82) is 0 Å². The van der Waals surface area contributed by atoms with Gasteiger partial charge in [-0.25, -0.2) is 0 Å². The topological polar surface area (TPSA) is 84.6 Å². The van der Waals surface area contributed by atoms with Crippen LogP contribution in [0.1, 0.15) is 67.1 Å². The minimum Gasteiger partial charge on any atom is -0.469 e. The van der Waals surface area contributed by atoms with Gasteiger partial charge in [-0.05, 0) is 99.1 Å². The van der Waals surface area contributed by atoms with Gasteiger partial charge in [-0.3, -0.25) is 9.69 Å². The van der Waals surface area contributed by atoms with Gasteiger partial charge in [0.25, 0.3) is 0 Å². The maximum Gasteiger partial charge on any atom is 0.310 e. The number of hydrogen-bond donors (Lipinski definition) is 3. The molecule has 5 heterocycles. The van der Waals surface area contributed by atoms with Gasteiger partial charge in [-0.1, -0.05) is 48.9 Å². The third kappa shape index (κ3) is 5.17. The number of likely N-dealkylation sites (tertiary alicyclic amines) is 1. The van der Waals surface area contributed by atoms with Crippen LogP contribution < -0.4 is 0 Å². The third-order valence-corrected chi connectivity index (χ3v) is 12.6. The summed E-state index contributed by atoms with van der Waals surface area (Å²) in [5, 5.41) is 13.7. The molecule has 3 N–H and O–H groups in total. The van der Waals surface area contributed by atoms with Gasteiger partial charge in [0.05, 0.1) is 19.1 Å². The first-order valence-electron chi connectivity index (χ1n) is 17.9. The van der Waals surface area contributed by atoms with Crippen LogP contribution in [0.15, 0.2) is 54.1 Å². The first kappa shape index (κ1) is 30.9. The Hall–Kier alpha value is -3.39. The number of aryl methyl sites for hydroxylation is 1. The number of aliphatic hydroxyl groups is 1. The summed E-state index contributed by atoms with van der Waals surface area (Å²) in [4.78, 5) is 26.4. The quantitative estimate of drug-likeness (QED) is 0.185. The molecule has 8 unspecified atom stereocenters. The van der Waals surface area contributed by atoms with Crippen molar-refractivity contribution in [2.75, 3.05) is 40.3 Å². The van der Waals surface area contributed by atoms with Crippen molar-refractivity contribution < 1.29 is 14.6 Å². The zero-order chi connectivity index (χ0) is 32.4. The number of para-hydroxylation sites is 1. The number of aromatic amines is 2. The highest BCUT2D eigenvalue weighted by Gasteiger charge is 2.47. The smallest absolute Gasteiger partial charge is 0.310 e. The Labute approximate surface area is 278 Å². The second-order valence-corrected chi connectivity index (χ2v) is 14.9. The SMILES string of the molecule is CC=C1CN(C)C2Cc3c([nH]c4ccccc34)C(c3ccc4c5c([nH]c4c3)CCC3CN(CC5)CC(CC)C3O)CC1C2C(=O)OC. The fourth-order valence-electron chi connectivity index (χ4n) is 10.1. The number of hydrogen-bond acceptors (Lipinski definition) is 5. The first-order chi connectivity index (χ1) is 22.9. The maximum absolute atomic E-state index is 13.6. The van der Waals surface area contributed by atoms with E-state index in [1.54, 1.807) is 7.11 Å². The molecule has 1 aliphatic carbocycles. The molecule has 4 aliphatic rings. The molecule has 2 saturated heterocycles. The summed E-state index contributed by atoms with van der Waals surface area (Å²) >= 11 is 0. The van der Waals surface area contributed by atoms with Crippen molar-refractivity contribution >= 4 is 27.8 Å². The lowest BCUT2D eigenvalue weighted by molar-refractivity contribution is -0.151. The predicted octanol–water partition coefficient (Wildman–Crippen LogP) is 6.20. The summed E-state index contributed by atoms with van der Waals surface area (Å²) in [7, 11) is 3.70. The van der Waals surface area contributed by atoms with E-state index in [0.29, 0.717) is 11.8 Å². The molecule has 0 radical (unpaired) electrons. The van der Waals surface area contributed by atoms with E-state index in [0.717, 1.165) is 70.2 Å². The fourth-order valence-corrected chi connectivity index (χ4v) is 10.1. The minimum atomic E-state index is -0.218. The van der Waals surface area contributed by atoms with Gasteiger partial charge in [0.1, 0.15) is 0 Å². The monoisotopic (exact) mass is 634 g/mol. The number of nitrogens with one attached hydrogen (secondary N) is 2. The molecule has 2 aromatic carbocycles. The number of aliphatic hydroxyl groups excluding tert-OH is 1. The molecular formula is C40H50N4O3. The van der Waals surface area contributed by atoms with Gasteiger partial charge >= 0.3 is 5.97 Å². The number of piperidine rings is 2. The molecule has 2 aromatic heterocycles. The van der Waals surface area contributed by atoms with E-state index in [4.69, 9.17) is 4.74 Å². The molecule has 4 aromatic rings. The highest BCUT2D eigenvalue weighted by Crippen LogP contribution is 2.48. The number of methoxy groups -OCH3 is 1. The Bertz CT molecular complexity index is 1840. The van der Waals surface area contributed by atoms with Crippen LogP contribution in [0.3, 0.4) is 0 Å². The lowest BCUT2D eigenvalue weighted by Crippen LogP contribution is -2.53. The summed E-state index contributed by atoms with van der Waals surface area (Å²) in [6.07, 6.45) is 7.76. The van der Waals surface area contributed by atoms with Crippen LogP contribution in [0, 0.1) is 23.7 Å². The van der Waals surface area contributed by atoms with Crippen LogP contribution in [-0.2, 0) is 28.8 Å². The number of benzene rings is 2. The van der Waals surface area contributed by atoms with E-state index < -0.39 is 0 Å². The standard InChI is InChI=1S/C40H50N4O3/c1-5-23-20-43(3)36-19-32-27-9-7-8-10-33(27)42-38(32)31(18-30(23)37(36)40(46)47-4)25-11-13-28-29-15-16-44-21-24(6-2)39(45)26(22-44)12-14-34(29)41-35(28)17-25/h5,7-11,13,17,24,26,30-31,36-37,39,41-42,45H,6,12,14-16,18-22H2,1-4H3. The van der Waals surface area contributed by atoms with Gasteiger partial charge in [0, 0.05) is 71.3 Å². The third-order valence-electron chi connectivity index (χ3n) is 12.6. The molecule has 0 amide bonds. The lowest BCUT2D eigenvalue weighted by atomic mass is 9.67. The summed E-state index contributed by atoms with van der Waals surface area (Å²) < 4.78 is 5.52. The number of allylic oxidation sites excluding steroid dienone is 1. The van der Waals surface area contributed by atoms with Crippen molar-refractivity contribution in [1.82, 2.24) is 19.8 Å². The highest BCUT2D eigenvalue weighted by molar-refractivity contribution is 5.87. The van der Waals surface area contributed by atoms with Crippen LogP contribution in [0.25, 0.3) is 21.8 Å². The van der Waals surface area contributed by atoms with E-state index in [9.17, 15) is 9.90 Å². The molecule has 4 bridgehead atoms. The Kier molecular flexibility index (Phi) is 8.06. The average molecular weight is 635 g/mol. The molecule has 8 atom stereocenters. The van der Waals surface area contributed by atoms with Gasteiger partial charge < -0.3 is 24.7 Å². The van der Waals surface area contributed by atoms with Gasteiger partial charge in [0.15, 0.2) is 0 Å². The second-order valence-electron chi connectivity index (χ2n) is 14.9. The van der Waals surface area contributed by atoms with Gasteiger partial charge in [0.2, 0.25) is 0 Å². The zero-order valence-corrected chi connectivity index (χ0v) is 28.4. The lowest BCUT2D eigenvalue weighted by Gasteiger charge is -2.46. The molecule has 248 valence electrons. The van der Waals surface area contributed by atoms with E-state index in [2.05, 4.69) is 89.2 Å². The second kappa shape index (κ2) is 12.2. The summed E-state index contributed by atoms with van der Waals surface area (Å²) in [5.74, 6) is 0.611. The molecule has 0 saturated carbocycles. The van der Waals surface area contributed by atoms with Crippen molar-refractivity contribution in [3.8, 4) is 0 Å². The number of rotatable bonds is 3. The predicted molar refractivity (Wildman–Crippen MR) is 188 cm³/mol. The Morgan fingerprint density at radius 1 is 1.06 bits per heavy atom. The molecule has 2 fully saturated rings. The Balaban J connectivity index is 1.22. The van der Waals surface area contributed by atoms with Crippen molar-refractivity contribution in [3.63, 3.8) is 0 Å². The molecule has 3 aliphatic heterocycles. The maximum atomic E-state index is 13.6. The average Bonchev–Trinajstić information content (AvgIpc) is 3.63. The van der Waals surface area contributed by atoms with Crippen LogP contribution >= 0.6 is 0 Å². The fraction of sp³-hybridized carbons (Fsp3) is 0.525. The number of ether oxygens (including phenoxy) is 1. The van der Waals surface area contributed by atoms with Crippen LogP contribution in [-0.4, -0.2) is 83.3 Å². The van der Waals surface area contributed by atoms with Crippen LogP contribution in [0.4, 0.5) is 0 Å². The number of likely N-dealkylation sites (N-methyl/N-ethyl adjacent to an activating group) is 1. The molecule has 7 nitrogen and oxygen atoms in total.